The third-order valence-electron chi connectivity index (χ3n) is 3.80. The lowest BCUT2D eigenvalue weighted by molar-refractivity contribution is 0.168. The van der Waals surface area contributed by atoms with E-state index in [1.54, 1.807) is 12.1 Å². The summed E-state index contributed by atoms with van der Waals surface area (Å²) in [6.45, 7) is 1.55. The second kappa shape index (κ2) is 5.63. The number of halogens is 1. The van der Waals surface area contributed by atoms with Crippen LogP contribution in [-0.4, -0.2) is 11.7 Å². The van der Waals surface area contributed by atoms with E-state index >= 15 is 0 Å². The highest BCUT2D eigenvalue weighted by Crippen LogP contribution is 2.33. The first-order valence-corrected chi connectivity index (χ1v) is 7.00. The zero-order valence-electron chi connectivity index (χ0n) is 11.3. The van der Waals surface area contributed by atoms with Crippen molar-refractivity contribution < 1.29 is 9.50 Å². The fraction of sp³-hybridized carbons (Fsp3) is 0.294. The van der Waals surface area contributed by atoms with Gasteiger partial charge < -0.3 is 10.0 Å². The van der Waals surface area contributed by atoms with Crippen LogP contribution in [0, 0.1) is 5.82 Å². The molecule has 1 aliphatic heterocycles. The Morgan fingerprint density at radius 2 is 2.00 bits per heavy atom. The first-order chi connectivity index (χ1) is 9.74. The zero-order valence-corrected chi connectivity index (χ0v) is 11.3. The lowest BCUT2D eigenvalue weighted by Gasteiger charge is -2.25. The molecule has 3 heteroatoms. The summed E-state index contributed by atoms with van der Waals surface area (Å²) < 4.78 is 13.3. The summed E-state index contributed by atoms with van der Waals surface area (Å²) in [5.41, 5.74) is 2.99. The number of benzene rings is 2. The monoisotopic (exact) mass is 271 g/mol. The Morgan fingerprint density at radius 1 is 1.15 bits per heavy atom. The molecule has 0 aliphatic carbocycles. The van der Waals surface area contributed by atoms with Gasteiger partial charge in [-0.1, -0.05) is 30.3 Å². The fourth-order valence-electron chi connectivity index (χ4n) is 2.83. The first kappa shape index (κ1) is 13.1. The molecule has 104 valence electrons. The maximum atomic E-state index is 13.3. The molecule has 0 saturated heterocycles. The standard InChI is InChI=1S/C17H18FNO/c18-14-6-3-5-13(11-14)12-19-10-4-9-17(20)15-7-1-2-8-16(15)19/h1-3,5-8,11,17,20H,4,9-10,12H2. The quantitative estimate of drug-likeness (QED) is 0.901. The Labute approximate surface area is 118 Å². The number of fused-ring (bicyclic) bond motifs is 1. The zero-order chi connectivity index (χ0) is 13.9. The van der Waals surface area contributed by atoms with Gasteiger partial charge in [0.05, 0.1) is 6.10 Å². The first-order valence-electron chi connectivity index (χ1n) is 7.00. The van der Waals surface area contributed by atoms with Crippen molar-refractivity contribution >= 4 is 5.69 Å². The van der Waals surface area contributed by atoms with Crippen LogP contribution in [0.4, 0.5) is 10.1 Å². The van der Waals surface area contributed by atoms with Crippen LogP contribution in [0.2, 0.25) is 0 Å². The highest BCUT2D eigenvalue weighted by atomic mass is 19.1. The molecule has 0 amide bonds. The molecule has 0 aromatic heterocycles. The van der Waals surface area contributed by atoms with Crippen molar-refractivity contribution in [1.29, 1.82) is 0 Å². The lowest BCUT2D eigenvalue weighted by atomic mass is 10.0. The molecule has 0 radical (unpaired) electrons. The van der Waals surface area contributed by atoms with Gasteiger partial charge in [0.25, 0.3) is 0 Å². The highest BCUT2D eigenvalue weighted by molar-refractivity contribution is 5.55. The smallest absolute Gasteiger partial charge is 0.123 e. The number of anilines is 1. The van der Waals surface area contributed by atoms with Crippen LogP contribution in [0.25, 0.3) is 0 Å². The molecule has 1 N–H and O–H groups in total. The minimum atomic E-state index is -0.399. The van der Waals surface area contributed by atoms with Crippen molar-refractivity contribution in [1.82, 2.24) is 0 Å². The molecule has 2 aromatic rings. The lowest BCUT2D eigenvalue weighted by Crippen LogP contribution is -2.23. The predicted octanol–water partition coefficient (Wildman–Crippen LogP) is 3.66. The van der Waals surface area contributed by atoms with Crippen LogP contribution >= 0.6 is 0 Å². The van der Waals surface area contributed by atoms with Crippen LogP contribution in [0.5, 0.6) is 0 Å². The summed E-state index contributed by atoms with van der Waals surface area (Å²) in [5, 5.41) is 10.2. The normalized spacial score (nSPS) is 18.5. The second-order valence-corrected chi connectivity index (χ2v) is 5.27. The maximum Gasteiger partial charge on any atom is 0.123 e. The Morgan fingerprint density at radius 3 is 2.85 bits per heavy atom. The van der Waals surface area contributed by atoms with Crippen molar-refractivity contribution in [3.05, 3.63) is 65.5 Å². The molecule has 1 aliphatic rings. The van der Waals surface area contributed by atoms with Gasteiger partial charge in [0, 0.05) is 24.3 Å². The van der Waals surface area contributed by atoms with Crippen LogP contribution in [0.3, 0.4) is 0 Å². The predicted molar refractivity (Wildman–Crippen MR) is 78.1 cm³/mol. The molecule has 20 heavy (non-hydrogen) atoms. The summed E-state index contributed by atoms with van der Waals surface area (Å²) >= 11 is 0. The molecule has 0 fully saturated rings. The Bertz CT molecular complexity index is 599. The number of hydrogen-bond donors (Lipinski definition) is 1. The molecule has 2 aromatic carbocycles. The van der Waals surface area contributed by atoms with E-state index in [0.717, 1.165) is 36.2 Å². The molecule has 1 atom stereocenters. The maximum absolute atomic E-state index is 13.3. The highest BCUT2D eigenvalue weighted by Gasteiger charge is 2.20. The van der Waals surface area contributed by atoms with E-state index in [1.165, 1.54) is 6.07 Å². The molecule has 3 rings (SSSR count). The van der Waals surface area contributed by atoms with Gasteiger partial charge in [-0.2, -0.15) is 0 Å². The topological polar surface area (TPSA) is 23.5 Å². The summed E-state index contributed by atoms with van der Waals surface area (Å²) in [7, 11) is 0. The van der Waals surface area contributed by atoms with Crippen LogP contribution in [-0.2, 0) is 6.54 Å². The minimum Gasteiger partial charge on any atom is -0.388 e. The van der Waals surface area contributed by atoms with Crippen molar-refractivity contribution in [2.75, 3.05) is 11.4 Å². The average Bonchev–Trinajstić information content (AvgIpc) is 2.60. The number of para-hydroxylation sites is 1. The average molecular weight is 271 g/mol. The molecular weight excluding hydrogens is 253 g/mol. The number of aliphatic hydroxyl groups is 1. The van der Waals surface area contributed by atoms with Gasteiger partial charge in [-0.3, -0.25) is 0 Å². The SMILES string of the molecule is OC1CCCN(Cc2cccc(F)c2)c2ccccc21. The number of rotatable bonds is 2. The van der Waals surface area contributed by atoms with E-state index in [2.05, 4.69) is 4.90 Å². The van der Waals surface area contributed by atoms with Crippen molar-refractivity contribution in [2.45, 2.75) is 25.5 Å². The molecular formula is C17H18FNO. The molecule has 1 heterocycles. The van der Waals surface area contributed by atoms with E-state index in [4.69, 9.17) is 0 Å². The molecule has 0 saturated carbocycles. The fourth-order valence-corrected chi connectivity index (χ4v) is 2.83. The summed E-state index contributed by atoms with van der Waals surface area (Å²) in [5.74, 6) is -0.203. The van der Waals surface area contributed by atoms with Gasteiger partial charge >= 0.3 is 0 Å². The van der Waals surface area contributed by atoms with Gasteiger partial charge in [-0.15, -0.1) is 0 Å². The van der Waals surface area contributed by atoms with Crippen molar-refractivity contribution in [3.8, 4) is 0 Å². The minimum absolute atomic E-state index is 0.203. The van der Waals surface area contributed by atoms with Crippen molar-refractivity contribution in [2.24, 2.45) is 0 Å². The number of hydrogen-bond acceptors (Lipinski definition) is 2. The van der Waals surface area contributed by atoms with Crippen LogP contribution in [0.1, 0.15) is 30.1 Å². The largest absolute Gasteiger partial charge is 0.388 e. The Hall–Kier alpha value is -1.87. The Balaban J connectivity index is 1.91. The van der Waals surface area contributed by atoms with Crippen LogP contribution < -0.4 is 4.90 Å². The second-order valence-electron chi connectivity index (χ2n) is 5.27. The van der Waals surface area contributed by atoms with Gasteiger partial charge in [0.15, 0.2) is 0 Å². The van der Waals surface area contributed by atoms with E-state index in [9.17, 15) is 9.50 Å². The molecule has 0 spiro atoms. The number of nitrogens with zero attached hydrogens (tertiary/aromatic N) is 1. The van der Waals surface area contributed by atoms with Crippen molar-refractivity contribution in [3.63, 3.8) is 0 Å². The van der Waals surface area contributed by atoms with E-state index in [0.29, 0.717) is 6.54 Å². The number of aliphatic hydroxyl groups excluding tert-OH is 1. The van der Waals surface area contributed by atoms with Gasteiger partial charge in [-0.25, -0.2) is 4.39 Å². The van der Waals surface area contributed by atoms with Gasteiger partial charge in [-0.05, 0) is 36.6 Å². The summed E-state index contributed by atoms with van der Waals surface area (Å²) in [6, 6.07) is 14.7. The third kappa shape index (κ3) is 2.68. The van der Waals surface area contributed by atoms with E-state index in [1.807, 2.05) is 30.3 Å². The van der Waals surface area contributed by atoms with E-state index < -0.39 is 6.10 Å². The van der Waals surface area contributed by atoms with Gasteiger partial charge in [0.1, 0.15) is 5.82 Å². The van der Waals surface area contributed by atoms with Crippen LogP contribution in [0.15, 0.2) is 48.5 Å². The Kier molecular flexibility index (Phi) is 3.70. The van der Waals surface area contributed by atoms with E-state index in [-0.39, 0.29) is 5.82 Å². The van der Waals surface area contributed by atoms with Gasteiger partial charge in [0.2, 0.25) is 0 Å². The molecule has 0 bridgehead atoms. The molecule has 1 unspecified atom stereocenters. The third-order valence-corrected chi connectivity index (χ3v) is 3.80. The summed E-state index contributed by atoms with van der Waals surface area (Å²) in [4.78, 5) is 2.22. The summed E-state index contributed by atoms with van der Waals surface area (Å²) in [6.07, 6.45) is 1.31. The molecule has 2 nitrogen and oxygen atoms in total.